The van der Waals surface area contributed by atoms with Gasteiger partial charge < -0.3 is 15.1 Å². The van der Waals surface area contributed by atoms with Crippen LogP contribution in [0, 0.1) is 0 Å². The van der Waals surface area contributed by atoms with Gasteiger partial charge in [-0.1, -0.05) is 18.2 Å². The van der Waals surface area contributed by atoms with Crippen LogP contribution < -0.4 is 10.2 Å². The molecule has 1 amide bonds. The second kappa shape index (κ2) is 9.43. The second-order valence-electron chi connectivity index (χ2n) is 7.67. The van der Waals surface area contributed by atoms with E-state index in [1.54, 1.807) is 0 Å². The number of rotatable bonds is 4. The number of benzene rings is 1. The quantitative estimate of drug-likeness (QED) is 0.852. The van der Waals surface area contributed by atoms with Crippen LogP contribution in [0.2, 0.25) is 0 Å². The maximum atomic E-state index is 13.0. The normalized spacial score (nSPS) is 22.4. The summed E-state index contributed by atoms with van der Waals surface area (Å²) in [5.41, 5.74) is 1.79. The van der Waals surface area contributed by atoms with Crippen molar-refractivity contribution < 1.29 is 4.79 Å². The van der Waals surface area contributed by atoms with Gasteiger partial charge in [-0.25, -0.2) is 0 Å². The van der Waals surface area contributed by atoms with Gasteiger partial charge >= 0.3 is 0 Å². The highest BCUT2D eigenvalue weighted by molar-refractivity contribution is 5.92. The molecule has 7 heteroatoms. The number of carbonyl (C=O) groups excluding carboxylic acids is 1. The number of amides is 1. The number of nitrogens with one attached hydrogen (secondary N) is 1. The summed E-state index contributed by atoms with van der Waals surface area (Å²) in [5.74, 6) is 0.0254. The van der Waals surface area contributed by atoms with Gasteiger partial charge in [-0.3, -0.25) is 9.48 Å². The van der Waals surface area contributed by atoms with Crippen molar-refractivity contribution in [3.63, 3.8) is 0 Å². The molecule has 2 unspecified atom stereocenters. The first-order chi connectivity index (χ1) is 13.2. The minimum Gasteiger partial charge on any atom is -0.369 e. The fourth-order valence-corrected chi connectivity index (χ4v) is 4.21. The molecule has 1 N–H and O–H groups in total. The van der Waals surface area contributed by atoms with Crippen LogP contribution in [0.15, 0.2) is 42.6 Å². The van der Waals surface area contributed by atoms with Crippen LogP contribution in [0.25, 0.3) is 0 Å². The molecule has 2 aliphatic heterocycles. The molecule has 6 nitrogen and oxygen atoms in total. The van der Waals surface area contributed by atoms with Crippen LogP contribution >= 0.6 is 12.4 Å². The number of likely N-dealkylation sites (N-methyl/N-ethyl adjacent to an activating group) is 1. The fourth-order valence-electron chi connectivity index (χ4n) is 4.21. The Morgan fingerprint density at radius 1 is 1.18 bits per heavy atom. The highest BCUT2D eigenvalue weighted by Gasteiger charge is 2.28. The Balaban J connectivity index is 0.00000225. The lowest BCUT2D eigenvalue weighted by molar-refractivity contribution is 0.0710. The number of nitrogens with zero attached hydrogens (tertiary/aromatic N) is 4. The lowest BCUT2D eigenvalue weighted by Crippen LogP contribution is -2.48. The molecule has 0 radical (unpaired) electrons. The van der Waals surface area contributed by atoms with Gasteiger partial charge in [0, 0.05) is 44.6 Å². The summed E-state index contributed by atoms with van der Waals surface area (Å²) in [6.45, 7) is 3.93. The number of aromatic nitrogens is 2. The van der Waals surface area contributed by atoms with Gasteiger partial charge in [0.25, 0.3) is 5.91 Å². The predicted octanol–water partition coefficient (Wildman–Crippen LogP) is 2.97. The van der Waals surface area contributed by atoms with E-state index in [4.69, 9.17) is 0 Å². The molecule has 2 aromatic rings. The summed E-state index contributed by atoms with van der Waals surface area (Å²) in [7, 11) is 1.92. The first kappa shape index (κ1) is 20.7. The van der Waals surface area contributed by atoms with Crippen molar-refractivity contribution in [3.05, 3.63) is 48.3 Å². The Kier molecular flexibility index (Phi) is 6.97. The van der Waals surface area contributed by atoms with Crippen LogP contribution in [0.3, 0.4) is 0 Å². The van der Waals surface area contributed by atoms with E-state index >= 15 is 0 Å². The third-order valence-electron chi connectivity index (χ3n) is 5.86. The van der Waals surface area contributed by atoms with Gasteiger partial charge in [0.05, 0.1) is 6.04 Å². The molecule has 0 spiro atoms. The van der Waals surface area contributed by atoms with Crippen LogP contribution in [0.4, 0.5) is 5.69 Å². The van der Waals surface area contributed by atoms with Crippen molar-refractivity contribution >= 4 is 24.0 Å². The molecule has 1 aromatic carbocycles. The molecule has 28 heavy (non-hydrogen) atoms. The summed E-state index contributed by atoms with van der Waals surface area (Å²) in [6.07, 6.45) is 6.37. The SMILES string of the molecule is CN(C(=O)c1ccn(C2CCCNC2)n1)C1CCCN(c2ccccc2)C1.Cl. The average molecular weight is 404 g/mol. The molecular formula is C21H30ClN5O. The predicted molar refractivity (Wildman–Crippen MR) is 114 cm³/mol. The summed E-state index contributed by atoms with van der Waals surface area (Å²) >= 11 is 0. The van der Waals surface area contributed by atoms with Gasteiger partial charge in [0.1, 0.15) is 5.69 Å². The van der Waals surface area contributed by atoms with Crippen molar-refractivity contribution in [1.29, 1.82) is 0 Å². The number of hydrogen-bond donors (Lipinski definition) is 1. The topological polar surface area (TPSA) is 53.4 Å². The number of para-hydroxylation sites is 1. The van der Waals surface area contributed by atoms with E-state index < -0.39 is 0 Å². The maximum absolute atomic E-state index is 13.0. The van der Waals surface area contributed by atoms with Crippen molar-refractivity contribution in [1.82, 2.24) is 20.0 Å². The minimum atomic E-state index is 0. The third kappa shape index (κ3) is 4.50. The summed E-state index contributed by atoms with van der Waals surface area (Å²) in [6, 6.07) is 12.9. The standard InChI is InChI=1S/C21H29N5O.ClH/c1-24(19-10-6-13-25(16-19)17-7-3-2-4-8-17)21(27)20-11-14-26(23-20)18-9-5-12-22-15-18;/h2-4,7-8,11,14,18-19,22H,5-6,9-10,12-13,15-16H2,1H3;1H. The van der Waals surface area contributed by atoms with Gasteiger partial charge in [-0.05, 0) is 50.4 Å². The van der Waals surface area contributed by atoms with Crippen molar-refractivity contribution in [3.8, 4) is 0 Å². The van der Waals surface area contributed by atoms with Crippen molar-refractivity contribution in [2.24, 2.45) is 0 Å². The Labute approximate surface area is 173 Å². The maximum Gasteiger partial charge on any atom is 0.274 e. The summed E-state index contributed by atoms with van der Waals surface area (Å²) in [4.78, 5) is 17.3. The molecule has 2 atom stereocenters. The molecule has 0 aliphatic carbocycles. The van der Waals surface area contributed by atoms with Crippen molar-refractivity contribution in [2.75, 3.05) is 38.1 Å². The van der Waals surface area contributed by atoms with Gasteiger partial charge in [-0.2, -0.15) is 5.10 Å². The van der Waals surface area contributed by atoms with Crippen molar-refractivity contribution in [2.45, 2.75) is 37.8 Å². The fraction of sp³-hybridized carbons (Fsp3) is 0.524. The van der Waals surface area contributed by atoms with Gasteiger partial charge in [0.15, 0.2) is 0 Å². The number of anilines is 1. The van der Waals surface area contributed by atoms with Crippen LogP contribution in [0.5, 0.6) is 0 Å². The third-order valence-corrected chi connectivity index (χ3v) is 5.86. The average Bonchev–Trinajstić information content (AvgIpc) is 3.24. The molecule has 1 aromatic heterocycles. The Morgan fingerprint density at radius 2 is 2.00 bits per heavy atom. The summed E-state index contributed by atoms with van der Waals surface area (Å²) in [5, 5.41) is 8.00. The smallest absolute Gasteiger partial charge is 0.274 e. The molecule has 4 rings (SSSR count). The number of piperidine rings is 2. The zero-order valence-corrected chi connectivity index (χ0v) is 17.3. The van der Waals surface area contributed by atoms with Gasteiger partial charge in [0.2, 0.25) is 0 Å². The van der Waals surface area contributed by atoms with E-state index in [1.165, 1.54) is 5.69 Å². The number of carbonyl (C=O) groups is 1. The number of hydrogen-bond acceptors (Lipinski definition) is 4. The zero-order chi connectivity index (χ0) is 18.6. The first-order valence-corrected chi connectivity index (χ1v) is 10.1. The molecule has 2 saturated heterocycles. The second-order valence-corrected chi connectivity index (χ2v) is 7.67. The van der Waals surface area contributed by atoms with Gasteiger partial charge in [-0.15, -0.1) is 12.4 Å². The highest BCUT2D eigenvalue weighted by Crippen LogP contribution is 2.23. The first-order valence-electron chi connectivity index (χ1n) is 10.1. The van der Waals surface area contributed by atoms with E-state index in [0.29, 0.717) is 11.7 Å². The Morgan fingerprint density at radius 3 is 2.75 bits per heavy atom. The highest BCUT2D eigenvalue weighted by atomic mass is 35.5. The lowest BCUT2D eigenvalue weighted by Gasteiger charge is -2.38. The molecular weight excluding hydrogens is 374 g/mol. The van der Waals surface area contributed by atoms with E-state index in [1.807, 2.05) is 35.0 Å². The van der Waals surface area contributed by atoms with E-state index in [0.717, 1.165) is 51.9 Å². The Hall–Kier alpha value is -2.05. The summed E-state index contributed by atoms with van der Waals surface area (Å²) < 4.78 is 1.96. The molecule has 152 valence electrons. The minimum absolute atomic E-state index is 0. The largest absolute Gasteiger partial charge is 0.369 e. The zero-order valence-electron chi connectivity index (χ0n) is 16.5. The molecule has 0 bridgehead atoms. The van der Waals surface area contributed by atoms with Crippen LogP contribution in [0.1, 0.15) is 42.2 Å². The molecule has 0 saturated carbocycles. The monoisotopic (exact) mass is 403 g/mol. The molecule has 2 aliphatic rings. The number of halogens is 1. The van der Waals surface area contributed by atoms with Crippen LogP contribution in [-0.4, -0.2) is 59.9 Å². The lowest BCUT2D eigenvalue weighted by atomic mass is 10.0. The Bertz CT molecular complexity index is 759. The van der Waals surface area contributed by atoms with E-state index in [-0.39, 0.29) is 24.4 Å². The molecule has 2 fully saturated rings. The van der Waals surface area contributed by atoms with E-state index in [9.17, 15) is 4.79 Å². The van der Waals surface area contributed by atoms with E-state index in [2.05, 4.69) is 39.6 Å². The van der Waals surface area contributed by atoms with Crippen LogP contribution in [-0.2, 0) is 0 Å². The molecule has 3 heterocycles.